The first-order valence-corrected chi connectivity index (χ1v) is 23.1. The standard InChI is InChI=1S/C49H87NO5/c1-4-7-10-13-16-19-22-23-24-27-30-33-36-39-42-49(54)55-45(40-37-34-31-28-25-20-17-14-11-8-5-2)43-48(53)50-46(44-51)47(52)41-38-35-32-29-26-21-18-15-12-9-6-3/h8,11,14,17,20,24-25,27-28,31,45-47,51-52H,4-7,9-10,12-13,15-16,18-19,21-23,26,29-30,32-44H2,1-3H3,(H,50,53)/b11-8+,17-14+,25-20-,27-24-,31-28-. The van der Waals surface area contributed by atoms with Gasteiger partial charge in [-0.2, -0.15) is 0 Å². The van der Waals surface area contributed by atoms with E-state index in [1.165, 1.54) is 96.3 Å². The lowest BCUT2D eigenvalue weighted by Gasteiger charge is -2.24. The second-order valence-corrected chi connectivity index (χ2v) is 15.5. The van der Waals surface area contributed by atoms with E-state index < -0.39 is 18.2 Å². The zero-order valence-electron chi connectivity index (χ0n) is 36.0. The molecular weight excluding hydrogens is 683 g/mol. The van der Waals surface area contributed by atoms with Crippen LogP contribution in [0.5, 0.6) is 0 Å². The third kappa shape index (κ3) is 38.2. The predicted octanol–water partition coefficient (Wildman–Crippen LogP) is 13.3. The Kier molecular flexibility index (Phi) is 40.8. The number of esters is 1. The molecule has 0 aromatic rings. The molecule has 6 heteroatoms. The number of unbranched alkanes of at least 4 members (excludes halogenated alkanes) is 21. The van der Waals surface area contributed by atoms with Crippen LogP contribution >= 0.6 is 0 Å². The van der Waals surface area contributed by atoms with E-state index in [1.54, 1.807) is 0 Å². The zero-order valence-corrected chi connectivity index (χ0v) is 36.0. The van der Waals surface area contributed by atoms with Gasteiger partial charge in [-0.1, -0.05) is 197 Å². The van der Waals surface area contributed by atoms with Gasteiger partial charge < -0.3 is 20.3 Å². The van der Waals surface area contributed by atoms with Gasteiger partial charge in [0, 0.05) is 6.42 Å². The molecule has 318 valence electrons. The van der Waals surface area contributed by atoms with Crippen LogP contribution in [0.25, 0.3) is 0 Å². The predicted molar refractivity (Wildman–Crippen MR) is 236 cm³/mol. The fraction of sp³-hybridized carbons (Fsp3) is 0.755. The molecule has 0 aliphatic carbocycles. The second kappa shape index (κ2) is 42.7. The lowest BCUT2D eigenvalue weighted by Crippen LogP contribution is -2.46. The maximum Gasteiger partial charge on any atom is 0.306 e. The lowest BCUT2D eigenvalue weighted by molar-refractivity contribution is -0.151. The molecule has 0 bridgehead atoms. The van der Waals surface area contributed by atoms with Crippen molar-refractivity contribution >= 4 is 11.9 Å². The smallest absolute Gasteiger partial charge is 0.306 e. The van der Waals surface area contributed by atoms with Crippen LogP contribution in [0.15, 0.2) is 60.8 Å². The van der Waals surface area contributed by atoms with Crippen molar-refractivity contribution in [2.75, 3.05) is 6.61 Å². The third-order valence-corrected chi connectivity index (χ3v) is 10.2. The lowest BCUT2D eigenvalue weighted by atomic mass is 10.0. The van der Waals surface area contributed by atoms with Crippen LogP contribution in [-0.4, -0.2) is 46.9 Å². The van der Waals surface area contributed by atoms with Gasteiger partial charge in [0.25, 0.3) is 0 Å². The van der Waals surface area contributed by atoms with Crippen molar-refractivity contribution < 1.29 is 24.5 Å². The van der Waals surface area contributed by atoms with E-state index >= 15 is 0 Å². The molecule has 0 aromatic carbocycles. The highest BCUT2D eigenvalue weighted by atomic mass is 16.5. The van der Waals surface area contributed by atoms with Crippen molar-refractivity contribution in [2.24, 2.45) is 0 Å². The topological polar surface area (TPSA) is 95.9 Å². The summed E-state index contributed by atoms with van der Waals surface area (Å²) in [6, 6.07) is -0.724. The fourth-order valence-electron chi connectivity index (χ4n) is 6.68. The second-order valence-electron chi connectivity index (χ2n) is 15.5. The fourth-order valence-corrected chi connectivity index (χ4v) is 6.68. The molecule has 0 saturated heterocycles. The molecule has 0 heterocycles. The number of amides is 1. The Hall–Kier alpha value is -2.44. The van der Waals surface area contributed by atoms with Crippen LogP contribution < -0.4 is 5.32 Å². The number of hydrogen-bond acceptors (Lipinski definition) is 5. The summed E-state index contributed by atoms with van der Waals surface area (Å²) in [7, 11) is 0. The quantitative estimate of drug-likeness (QED) is 0.0250. The largest absolute Gasteiger partial charge is 0.462 e. The van der Waals surface area contributed by atoms with E-state index in [0.717, 1.165) is 70.6 Å². The van der Waals surface area contributed by atoms with Crippen LogP contribution in [0.3, 0.4) is 0 Å². The molecule has 0 aliphatic heterocycles. The number of ether oxygens (including phenoxy) is 1. The van der Waals surface area contributed by atoms with Crippen molar-refractivity contribution in [1.29, 1.82) is 0 Å². The molecule has 0 fully saturated rings. The van der Waals surface area contributed by atoms with Gasteiger partial charge in [-0.05, 0) is 64.2 Å². The number of rotatable bonds is 40. The minimum atomic E-state index is -0.806. The minimum Gasteiger partial charge on any atom is -0.462 e. The van der Waals surface area contributed by atoms with Gasteiger partial charge in [0.1, 0.15) is 6.10 Å². The van der Waals surface area contributed by atoms with Gasteiger partial charge in [0.05, 0.1) is 25.2 Å². The molecule has 0 aliphatic rings. The highest BCUT2D eigenvalue weighted by molar-refractivity contribution is 5.77. The van der Waals surface area contributed by atoms with Crippen molar-refractivity contribution in [3.05, 3.63) is 60.8 Å². The first-order valence-electron chi connectivity index (χ1n) is 23.1. The summed E-state index contributed by atoms with van der Waals surface area (Å²) < 4.78 is 5.85. The average Bonchev–Trinajstić information content (AvgIpc) is 3.18. The van der Waals surface area contributed by atoms with Gasteiger partial charge in [-0.3, -0.25) is 9.59 Å². The van der Waals surface area contributed by atoms with E-state index in [1.807, 2.05) is 36.5 Å². The van der Waals surface area contributed by atoms with Gasteiger partial charge in [0.15, 0.2) is 0 Å². The van der Waals surface area contributed by atoms with Crippen LogP contribution in [0.4, 0.5) is 0 Å². The zero-order chi connectivity index (χ0) is 40.3. The van der Waals surface area contributed by atoms with Crippen LogP contribution in [0.2, 0.25) is 0 Å². The van der Waals surface area contributed by atoms with E-state index in [2.05, 4.69) is 50.4 Å². The summed E-state index contributed by atoms with van der Waals surface area (Å²) in [5.74, 6) is -0.564. The molecule has 3 N–H and O–H groups in total. The Morgan fingerprint density at radius 3 is 1.56 bits per heavy atom. The number of carbonyl (C=O) groups excluding carboxylic acids is 2. The Balaban J connectivity index is 4.68. The molecule has 6 nitrogen and oxygen atoms in total. The molecule has 0 rings (SSSR count). The van der Waals surface area contributed by atoms with Crippen LogP contribution in [0, 0.1) is 0 Å². The highest BCUT2D eigenvalue weighted by Gasteiger charge is 2.24. The maximum absolute atomic E-state index is 13.1. The molecule has 0 saturated carbocycles. The molecule has 3 unspecified atom stereocenters. The SMILES string of the molecule is CC/C=C/C=C/C=C\C=C/CCCC(CC(=O)NC(CO)C(O)CCCCCCCCCCCCC)OC(=O)CCCCC/C=C\CCCCCCCCC. The highest BCUT2D eigenvalue weighted by Crippen LogP contribution is 2.16. The Labute approximate surface area is 339 Å². The van der Waals surface area contributed by atoms with E-state index in [0.29, 0.717) is 19.3 Å². The average molecular weight is 770 g/mol. The molecule has 0 aromatic heterocycles. The van der Waals surface area contributed by atoms with Gasteiger partial charge >= 0.3 is 5.97 Å². The van der Waals surface area contributed by atoms with Crippen molar-refractivity contribution in [2.45, 2.75) is 232 Å². The van der Waals surface area contributed by atoms with Crippen LogP contribution in [0.1, 0.15) is 213 Å². The van der Waals surface area contributed by atoms with E-state index in [4.69, 9.17) is 4.74 Å². The summed E-state index contributed by atoms with van der Waals surface area (Å²) in [4.78, 5) is 25.9. The Bertz CT molecular complexity index is 999. The number of nitrogens with one attached hydrogen (secondary N) is 1. The summed E-state index contributed by atoms with van der Waals surface area (Å²) >= 11 is 0. The van der Waals surface area contributed by atoms with E-state index in [-0.39, 0.29) is 24.9 Å². The van der Waals surface area contributed by atoms with Gasteiger partial charge in [0.2, 0.25) is 5.91 Å². The van der Waals surface area contributed by atoms with Crippen LogP contribution in [-0.2, 0) is 14.3 Å². The maximum atomic E-state index is 13.1. The van der Waals surface area contributed by atoms with Crippen molar-refractivity contribution in [3.63, 3.8) is 0 Å². The monoisotopic (exact) mass is 770 g/mol. The normalized spacial score (nSPS) is 13.9. The van der Waals surface area contributed by atoms with Crippen molar-refractivity contribution in [1.82, 2.24) is 5.32 Å². The number of hydrogen-bond donors (Lipinski definition) is 3. The Morgan fingerprint density at radius 1 is 0.545 bits per heavy atom. The molecule has 0 spiro atoms. The number of carbonyl (C=O) groups is 2. The molecule has 3 atom stereocenters. The number of aliphatic hydroxyl groups is 2. The minimum absolute atomic E-state index is 0.0244. The summed E-state index contributed by atoms with van der Waals surface area (Å²) in [5.41, 5.74) is 0. The number of allylic oxidation sites excluding steroid dienone is 10. The third-order valence-electron chi connectivity index (χ3n) is 10.2. The molecular formula is C49H87NO5. The van der Waals surface area contributed by atoms with Gasteiger partial charge in [-0.15, -0.1) is 0 Å². The first kappa shape index (κ1) is 52.6. The molecule has 1 amide bonds. The summed E-state index contributed by atoms with van der Waals surface area (Å²) in [6.07, 6.45) is 51.5. The summed E-state index contributed by atoms with van der Waals surface area (Å²) in [5, 5.41) is 23.6. The van der Waals surface area contributed by atoms with Gasteiger partial charge in [-0.25, -0.2) is 0 Å². The summed E-state index contributed by atoms with van der Waals surface area (Å²) in [6.45, 7) is 6.29. The Morgan fingerprint density at radius 2 is 1.02 bits per heavy atom. The number of aliphatic hydroxyl groups excluding tert-OH is 2. The molecule has 55 heavy (non-hydrogen) atoms. The van der Waals surface area contributed by atoms with Crippen molar-refractivity contribution in [3.8, 4) is 0 Å². The van der Waals surface area contributed by atoms with E-state index in [9.17, 15) is 19.8 Å². The first-order chi connectivity index (χ1) is 27.0. The molecule has 0 radical (unpaired) electrons.